The Morgan fingerprint density at radius 2 is 1.54 bits per heavy atom. The summed E-state index contributed by atoms with van der Waals surface area (Å²) in [6, 6.07) is 0.920. The molecule has 0 aliphatic heterocycles. The van der Waals surface area contributed by atoms with E-state index in [1.807, 2.05) is 0 Å². The van der Waals surface area contributed by atoms with Crippen LogP contribution in [0.3, 0.4) is 0 Å². The number of anilines is 3. The van der Waals surface area contributed by atoms with Gasteiger partial charge in [-0.3, -0.25) is 0 Å². The summed E-state index contributed by atoms with van der Waals surface area (Å²) in [6.45, 7) is 5.71. The fourth-order valence-electron chi connectivity index (χ4n) is 3.33. The van der Waals surface area contributed by atoms with E-state index in [1.165, 1.54) is 38.5 Å². The zero-order chi connectivity index (χ0) is 19.6. The van der Waals surface area contributed by atoms with Crippen LogP contribution < -0.4 is 21.7 Å². The predicted molar refractivity (Wildman–Crippen MR) is 111 cm³/mol. The van der Waals surface area contributed by atoms with Crippen molar-refractivity contribution >= 4 is 17.8 Å². The number of ether oxygens (including phenoxy) is 2. The first kappa shape index (κ1) is 21.0. The molecule has 9 nitrogen and oxygen atoms in total. The van der Waals surface area contributed by atoms with Gasteiger partial charge < -0.3 is 31.2 Å². The summed E-state index contributed by atoms with van der Waals surface area (Å²) in [6.07, 6.45) is 7.36. The number of nitrogens with one attached hydrogen (secondary N) is 3. The Labute approximate surface area is 167 Å². The van der Waals surface area contributed by atoms with Crippen molar-refractivity contribution in [2.75, 3.05) is 55.5 Å². The number of rotatable bonds is 13. The van der Waals surface area contributed by atoms with E-state index in [0.717, 1.165) is 0 Å². The maximum absolute atomic E-state index is 5.54. The van der Waals surface area contributed by atoms with Gasteiger partial charge in [0, 0.05) is 25.2 Å². The first-order valence-electron chi connectivity index (χ1n) is 10.6. The maximum Gasteiger partial charge on any atom is 0.229 e. The Balaban J connectivity index is 1.49. The minimum absolute atomic E-state index is 0.426. The summed E-state index contributed by atoms with van der Waals surface area (Å²) in [5, 5.41) is 10.2. The largest absolute Gasteiger partial charge is 0.378 e. The molecular formula is C19H35N7O2. The van der Waals surface area contributed by atoms with Crippen molar-refractivity contribution in [3.05, 3.63) is 0 Å². The smallest absolute Gasteiger partial charge is 0.229 e. The monoisotopic (exact) mass is 393 g/mol. The average molecular weight is 394 g/mol. The van der Waals surface area contributed by atoms with Gasteiger partial charge in [-0.1, -0.05) is 19.8 Å². The van der Waals surface area contributed by atoms with Crippen molar-refractivity contribution in [2.45, 2.75) is 57.5 Å². The van der Waals surface area contributed by atoms with Crippen LogP contribution in [0.5, 0.6) is 0 Å². The molecule has 1 aromatic heterocycles. The number of aromatic nitrogens is 3. The third kappa shape index (κ3) is 7.37. The lowest BCUT2D eigenvalue weighted by Gasteiger charge is -2.29. The second-order valence-electron chi connectivity index (χ2n) is 7.68. The van der Waals surface area contributed by atoms with Gasteiger partial charge in [0.15, 0.2) is 0 Å². The lowest BCUT2D eigenvalue weighted by Crippen LogP contribution is -2.31. The molecule has 2 unspecified atom stereocenters. The van der Waals surface area contributed by atoms with Crippen molar-refractivity contribution in [3.63, 3.8) is 0 Å². The highest BCUT2D eigenvalue weighted by Gasteiger charge is 2.24. The van der Waals surface area contributed by atoms with Crippen molar-refractivity contribution in [1.29, 1.82) is 0 Å². The van der Waals surface area contributed by atoms with E-state index < -0.39 is 0 Å². The van der Waals surface area contributed by atoms with Gasteiger partial charge in [-0.2, -0.15) is 15.0 Å². The van der Waals surface area contributed by atoms with Gasteiger partial charge in [-0.15, -0.1) is 0 Å². The van der Waals surface area contributed by atoms with Crippen LogP contribution in [0.1, 0.15) is 45.4 Å². The first-order chi connectivity index (χ1) is 13.7. The van der Waals surface area contributed by atoms with Gasteiger partial charge in [0.05, 0.1) is 26.4 Å². The molecule has 28 heavy (non-hydrogen) atoms. The zero-order valence-corrected chi connectivity index (χ0v) is 17.0. The van der Waals surface area contributed by atoms with Crippen LogP contribution in [0, 0.1) is 5.92 Å². The summed E-state index contributed by atoms with van der Waals surface area (Å²) in [4.78, 5) is 13.7. The normalized spacial score (nSPS) is 22.1. The third-order valence-corrected chi connectivity index (χ3v) is 5.14. The van der Waals surface area contributed by atoms with Gasteiger partial charge in [0.2, 0.25) is 17.8 Å². The lowest BCUT2D eigenvalue weighted by molar-refractivity contribution is 0.0547. The molecular weight excluding hydrogens is 358 g/mol. The number of hydrogen-bond acceptors (Lipinski definition) is 9. The standard InChI is InChI=1S/C19H35N7O2/c1-14-4-2-3-5-16(14)23-19-25-17(24-18(26-19)22-15-6-7-15)21-9-11-28-13-12-27-10-8-20/h14-16H,2-13,20H2,1H3,(H3,21,22,23,24,25,26). The molecule has 0 radical (unpaired) electrons. The minimum Gasteiger partial charge on any atom is -0.378 e. The van der Waals surface area contributed by atoms with E-state index >= 15 is 0 Å². The minimum atomic E-state index is 0.426. The molecule has 0 aromatic carbocycles. The molecule has 0 bridgehead atoms. The van der Waals surface area contributed by atoms with Crippen LogP contribution in [0.2, 0.25) is 0 Å². The van der Waals surface area contributed by atoms with Gasteiger partial charge in [0.1, 0.15) is 0 Å². The highest BCUT2D eigenvalue weighted by molar-refractivity contribution is 5.43. The molecule has 9 heteroatoms. The van der Waals surface area contributed by atoms with Crippen molar-refractivity contribution in [3.8, 4) is 0 Å². The topological polar surface area (TPSA) is 119 Å². The van der Waals surface area contributed by atoms with E-state index in [0.29, 0.717) is 75.4 Å². The van der Waals surface area contributed by atoms with Crippen molar-refractivity contribution in [1.82, 2.24) is 15.0 Å². The molecule has 1 heterocycles. The Morgan fingerprint density at radius 1 is 0.857 bits per heavy atom. The molecule has 5 N–H and O–H groups in total. The van der Waals surface area contributed by atoms with Crippen LogP contribution in [-0.4, -0.2) is 66.6 Å². The molecule has 0 saturated heterocycles. The molecule has 2 saturated carbocycles. The zero-order valence-electron chi connectivity index (χ0n) is 17.0. The van der Waals surface area contributed by atoms with E-state index in [-0.39, 0.29) is 0 Å². The average Bonchev–Trinajstić information content (AvgIpc) is 3.50. The summed E-state index contributed by atoms with van der Waals surface area (Å²) in [5.74, 6) is 2.50. The molecule has 2 atom stereocenters. The Morgan fingerprint density at radius 3 is 2.25 bits per heavy atom. The second kappa shape index (κ2) is 11.3. The molecule has 1 aromatic rings. The number of hydrogen-bond donors (Lipinski definition) is 4. The van der Waals surface area contributed by atoms with Gasteiger partial charge in [-0.25, -0.2) is 0 Å². The highest BCUT2D eigenvalue weighted by atomic mass is 16.5. The Kier molecular flexibility index (Phi) is 8.50. The second-order valence-corrected chi connectivity index (χ2v) is 7.68. The molecule has 2 aliphatic carbocycles. The number of nitrogens with two attached hydrogens (primary N) is 1. The van der Waals surface area contributed by atoms with E-state index in [2.05, 4.69) is 37.8 Å². The lowest BCUT2D eigenvalue weighted by atomic mass is 9.86. The van der Waals surface area contributed by atoms with E-state index in [9.17, 15) is 0 Å². The van der Waals surface area contributed by atoms with Gasteiger partial charge in [-0.05, 0) is 31.6 Å². The van der Waals surface area contributed by atoms with Crippen molar-refractivity contribution < 1.29 is 9.47 Å². The Hall–Kier alpha value is -1.71. The number of nitrogens with zero attached hydrogens (tertiary/aromatic N) is 3. The van der Waals surface area contributed by atoms with E-state index in [1.54, 1.807) is 0 Å². The maximum atomic E-state index is 5.54. The molecule has 2 aliphatic rings. The molecule has 3 rings (SSSR count). The molecule has 0 amide bonds. The molecule has 0 spiro atoms. The quantitative estimate of drug-likeness (QED) is 0.372. The van der Waals surface area contributed by atoms with E-state index in [4.69, 9.17) is 15.2 Å². The molecule has 158 valence electrons. The van der Waals surface area contributed by atoms with Crippen molar-refractivity contribution in [2.24, 2.45) is 11.7 Å². The first-order valence-corrected chi connectivity index (χ1v) is 10.6. The van der Waals surface area contributed by atoms with Crippen LogP contribution in [-0.2, 0) is 9.47 Å². The van der Waals surface area contributed by atoms with Crippen LogP contribution in [0.4, 0.5) is 17.8 Å². The van der Waals surface area contributed by atoms with Crippen LogP contribution in [0.25, 0.3) is 0 Å². The molecule has 2 fully saturated rings. The predicted octanol–water partition coefficient (Wildman–Crippen LogP) is 1.84. The van der Waals surface area contributed by atoms with Gasteiger partial charge >= 0.3 is 0 Å². The third-order valence-electron chi connectivity index (χ3n) is 5.14. The summed E-state index contributed by atoms with van der Waals surface area (Å²) in [7, 11) is 0. The summed E-state index contributed by atoms with van der Waals surface area (Å²) in [5.41, 5.74) is 5.38. The highest BCUT2D eigenvalue weighted by Crippen LogP contribution is 2.27. The van der Waals surface area contributed by atoms with Crippen LogP contribution >= 0.6 is 0 Å². The van der Waals surface area contributed by atoms with Crippen LogP contribution in [0.15, 0.2) is 0 Å². The SMILES string of the molecule is CC1CCCCC1Nc1nc(NCCOCCOCCN)nc(NC2CC2)n1. The summed E-state index contributed by atoms with van der Waals surface area (Å²) < 4.78 is 10.8. The summed E-state index contributed by atoms with van der Waals surface area (Å²) >= 11 is 0. The Bertz CT molecular complexity index is 585. The fraction of sp³-hybridized carbons (Fsp3) is 0.842. The van der Waals surface area contributed by atoms with Gasteiger partial charge in [0.25, 0.3) is 0 Å². The fourth-order valence-corrected chi connectivity index (χ4v) is 3.33.